The Morgan fingerprint density at radius 2 is 2.25 bits per heavy atom. The van der Waals surface area contributed by atoms with Crippen LogP contribution in [-0.4, -0.2) is 13.3 Å². The molecule has 0 fully saturated rings. The van der Waals surface area contributed by atoms with Crippen LogP contribution in [0.15, 0.2) is 10.5 Å². The van der Waals surface area contributed by atoms with Crippen LogP contribution in [0.3, 0.4) is 0 Å². The highest BCUT2D eigenvalue weighted by Crippen LogP contribution is 2.43. The highest BCUT2D eigenvalue weighted by molar-refractivity contribution is 9.10. The molecule has 1 aliphatic heterocycles. The van der Waals surface area contributed by atoms with E-state index in [-0.39, 0.29) is 0 Å². The van der Waals surface area contributed by atoms with Crippen LogP contribution in [0.1, 0.15) is 30.4 Å². The third kappa shape index (κ3) is 1.92. The molecular formula is C12H16BrNO2. The molecule has 0 spiro atoms. The lowest BCUT2D eigenvalue weighted by Gasteiger charge is -2.15. The molecule has 88 valence electrons. The number of hydrogen-bond donors (Lipinski definition) is 1. The van der Waals surface area contributed by atoms with E-state index in [2.05, 4.69) is 28.9 Å². The number of benzene rings is 1. The molecule has 1 unspecified atom stereocenters. The molecule has 1 atom stereocenters. The normalized spacial score (nSPS) is 15.2. The molecule has 2 N–H and O–H groups in total. The van der Waals surface area contributed by atoms with Gasteiger partial charge < -0.3 is 15.2 Å². The summed E-state index contributed by atoms with van der Waals surface area (Å²) in [6.07, 6.45) is 0.970. The van der Waals surface area contributed by atoms with Crippen molar-refractivity contribution in [1.29, 1.82) is 0 Å². The second-order valence-electron chi connectivity index (χ2n) is 4.12. The van der Waals surface area contributed by atoms with Crippen molar-refractivity contribution >= 4 is 15.9 Å². The first-order chi connectivity index (χ1) is 7.65. The molecule has 2 rings (SSSR count). The molecule has 0 aromatic heterocycles. The average Bonchev–Trinajstić information content (AvgIpc) is 2.71. The average molecular weight is 286 g/mol. The fourth-order valence-corrected chi connectivity index (χ4v) is 2.66. The van der Waals surface area contributed by atoms with Crippen LogP contribution >= 0.6 is 15.9 Å². The number of hydrogen-bond acceptors (Lipinski definition) is 3. The van der Waals surface area contributed by atoms with Gasteiger partial charge in [0.2, 0.25) is 6.79 Å². The zero-order chi connectivity index (χ0) is 11.7. The summed E-state index contributed by atoms with van der Waals surface area (Å²) in [6.45, 7) is 5.23. The molecule has 1 heterocycles. The van der Waals surface area contributed by atoms with Crippen LogP contribution in [-0.2, 0) is 0 Å². The third-order valence-electron chi connectivity index (χ3n) is 2.98. The van der Waals surface area contributed by atoms with E-state index in [1.54, 1.807) is 0 Å². The Morgan fingerprint density at radius 3 is 2.94 bits per heavy atom. The Bertz CT molecular complexity index is 406. The first kappa shape index (κ1) is 11.7. The Balaban J connectivity index is 2.43. The molecule has 0 radical (unpaired) electrons. The van der Waals surface area contributed by atoms with E-state index in [1.165, 1.54) is 5.56 Å². The molecule has 0 amide bonds. The Labute approximate surface area is 104 Å². The van der Waals surface area contributed by atoms with Crippen molar-refractivity contribution in [2.75, 3.05) is 13.3 Å². The number of ether oxygens (including phenoxy) is 2. The predicted molar refractivity (Wildman–Crippen MR) is 67.1 cm³/mol. The minimum absolute atomic E-state index is 0.317. The van der Waals surface area contributed by atoms with E-state index >= 15 is 0 Å². The molecule has 1 aromatic rings. The highest BCUT2D eigenvalue weighted by atomic mass is 79.9. The molecule has 1 aliphatic rings. The molecule has 0 bridgehead atoms. The van der Waals surface area contributed by atoms with Crippen molar-refractivity contribution in [1.82, 2.24) is 0 Å². The maximum absolute atomic E-state index is 5.60. The van der Waals surface area contributed by atoms with Crippen LogP contribution < -0.4 is 15.2 Å². The summed E-state index contributed by atoms with van der Waals surface area (Å²) in [5.74, 6) is 2.13. The van der Waals surface area contributed by atoms with Crippen molar-refractivity contribution in [3.05, 3.63) is 21.7 Å². The number of fused-ring (bicyclic) bond motifs is 1. The summed E-state index contributed by atoms with van der Waals surface area (Å²) in [5, 5.41) is 0. The molecule has 4 heteroatoms. The minimum Gasteiger partial charge on any atom is -0.454 e. The third-order valence-corrected chi connectivity index (χ3v) is 4.03. The Morgan fingerprint density at radius 1 is 1.50 bits per heavy atom. The van der Waals surface area contributed by atoms with Gasteiger partial charge in [-0.2, -0.15) is 0 Å². The van der Waals surface area contributed by atoms with Crippen molar-refractivity contribution < 1.29 is 9.47 Å². The van der Waals surface area contributed by atoms with Crippen LogP contribution in [0.2, 0.25) is 0 Å². The highest BCUT2D eigenvalue weighted by Gasteiger charge is 2.22. The maximum Gasteiger partial charge on any atom is 0.231 e. The maximum atomic E-state index is 5.60. The van der Waals surface area contributed by atoms with E-state index in [0.717, 1.165) is 28.0 Å². The number of nitrogens with two attached hydrogens (primary N) is 1. The Hall–Kier alpha value is -0.740. The van der Waals surface area contributed by atoms with Crippen molar-refractivity contribution in [2.24, 2.45) is 5.73 Å². The first-order valence-electron chi connectivity index (χ1n) is 5.43. The molecule has 0 aliphatic carbocycles. The van der Waals surface area contributed by atoms with E-state index < -0.39 is 0 Å². The van der Waals surface area contributed by atoms with Crippen LogP contribution in [0.25, 0.3) is 0 Å². The fourth-order valence-electron chi connectivity index (χ4n) is 1.97. The summed E-state index contributed by atoms with van der Waals surface area (Å²) in [7, 11) is 0. The zero-order valence-electron chi connectivity index (χ0n) is 9.55. The molecule has 1 aromatic carbocycles. The topological polar surface area (TPSA) is 44.5 Å². The number of halogens is 1. The largest absolute Gasteiger partial charge is 0.454 e. The lowest BCUT2D eigenvalue weighted by atomic mass is 9.95. The van der Waals surface area contributed by atoms with Crippen LogP contribution in [0.5, 0.6) is 11.5 Å². The van der Waals surface area contributed by atoms with E-state index in [9.17, 15) is 0 Å². The van der Waals surface area contributed by atoms with Gasteiger partial charge in [0, 0.05) is 10.0 Å². The lowest BCUT2D eigenvalue weighted by Crippen LogP contribution is -2.05. The summed E-state index contributed by atoms with van der Waals surface area (Å²) < 4.78 is 12.0. The monoisotopic (exact) mass is 285 g/mol. The molecule has 0 saturated heterocycles. The standard InChI is InChI=1S/C12H16BrNO2/c1-7(3-4-14)9-5-10-12(16-6-15-10)8(2)11(9)13/h5,7H,3-4,6,14H2,1-2H3. The van der Waals surface area contributed by atoms with Gasteiger partial charge >= 0.3 is 0 Å². The molecule has 16 heavy (non-hydrogen) atoms. The molecule has 0 saturated carbocycles. The van der Waals surface area contributed by atoms with Gasteiger partial charge in [-0.05, 0) is 37.4 Å². The SMILES string of the molecule is Cc1c(Br)c(C(C)CCN)cc2c1OCO2. The fraction of sp³-hybridized carbons (Fsp3) is 0.500. The van der Waals surface area contributed by atoms with E-state index in [0.29, 0.717) is 19.3 Å². The van der Waals surface area contributed by atoms with Gasteiger partial charge in [-0.3, -0.25) is 0 Å². The quantitative estimate of drug-likeness (QED) is 0.929. The Kier molecular flexibility index (Phi) is 3.40. The van der Waals surface area contributed by atoms with Crippen LogP contribution in [0.4, 0.5) is 0 Å². The predicted octanol–water partition coefficient (Wildman–Crippen LogP) is 2.94. The van der Waals surface area contributed by atoms with Gasteiger partial charge in [0.05, 0.1) is 0 Å². The number of rotatable bonds is 3. The van der Waals surface area contributed by atoms with Gasteiger partial charge in [-0.15, -0.1) is 0 Å². The summed E-state index contributed by atoms with van der Waals surface area (Å²) >= 11 is 3.63. The van der Waals surface area contributed by atoms with Crippen LogP contribution in [0, 0.1) is 6.92 Å². The summed E-state index contributed by atoms with van der Waals surface area (Å²) in [5.41, 5.74) is 7.94. The van der Waals surface area contributed by atoms with Gasteiger partial charge in [0.15, 0.2) is 11.5 Å². The lowest BCUT2D eigenvalue weighted by molar-refractivity contribution is 0.173. The van der Waals surface area contributed by atoms with Gasteiger partial charge in [0.1, 0.15) is 0 Å². The summed E-state index contributed by atoms with van der Waals surface area (Å²) in [4.78, 5) is 0. The molecule has 3 nitrogen and oxygen atoms in total. The van der Waals surface area contributed by atoms with Gasteiger partial charge in [-0.1, -0.05) is 22.9 Å². The zero-order valence-corrected chi connectivity index (χ0v) is 11.1. The minimum atomic E-state index is 0.317. The first-order valence-corrected chi connectivity index (χ1v) is 6.23. The van der Waals surface area contributed by atoms with Crippen molar-refractivity contribution in [3.63, 3.8) is 0 Å². The van der Waals surface area contributed by atoms with Crippen molar-refractivity contribution in [3.8, 4) is 11.5 Å². The van der Waals surface area contributed by atoms with E-state index in [4.69, 9.17) is 15.2 Å². The van der Waals surface area contributed by atoms with Gasteiger partial charge in [0.25, 0.3) is 0 Å². The smallest absolute Gasteiger partial charge is 0.231 e. The second-order valence-corrected chi connectivity index (χ2v) is 4.91. The van der Waals surface area contributed by atoms with E-state index in [1.807, 2.05) is 6.92 Å². The molecular weight excluding hydrogens is 270 g/mol. The van der Waals surface area contributed by atoms with Gasteiger partial charge in [-0.25, -0.2) is 0 Å². The summed E-state index contributed by atoms with van der Waals surface area (Å²) in [6, 6.07) is 2.06. The second kappa shape index (κ2) is 4.63. The van der Waals surface area contributed by atoms with Crippen molar-refractivity contribution in [2.45, 2.75) is 26.2 Å².